The third-order valence-electron chi connectivity index (χ3n) is 5.48. The van der Waals surface area contributed by atoms with E-state index in [0.717, 1.165) is 18.6 Å². The molecule has 0 aliphatic carbocycles. The Morgan fingerprint density at radius 1 is 0.860 bits per heavy atom. The lowest BCUT2D eigenvalue weighted by Gasteiger charge is -2.20. The Morgan fingerprint density at radius 2 is 1.35 bits per heavy atom. The molecule has 0 aliphatic rings. The van der Waals surface area contributed by atoms with Gasteiger partial charge in [-0.1, -0.05) is 58.6 Å². The fourth-order valence-corrected chi connectivity index (χ4v) is 4.48. The third kappa shape index (κ3) is 26.1. The topological polar surface area (TPSA) is 160 Å². The summed E-state index contributed by atoms with van der Waals surface area (Å²) >= 11 is 9.32. The second kappa shape index (κ2) is 34.0. The van der Waals surface area contributed by atoms with Crippen molar-refractivity contribution in [3.63, 3.8) is 0 Å². The fraction of sp³-hybridized carbons (Fsp3) is 0.704. The van der Waals surface area contributed by atoms with Crippen LogP contribution in [0.2, 0.25) is 5.15 Å². The number of nitrogens with one attached hydrogen (secondary N) is 1. The molecule has 2 aromatic heterocycles. The van der Waals surface area contributed by atoms with Crippen LogP contribution in [0.1, 0.15) is 74.1 Å². The SMILES string of the molecule is C.CCCC[C@@H](CCSC)Nc1nc(N)ncc1OC.CCCC[C@H](N)CCSC.COc1cnc(N)nc1Cl.Cl.S.S.[2HH]. The summed E-state index contributed by atoms with van der Waals surface area (Å²) in [7, 11) is 3.10. The highest BCUT2D eigenvalue weighted by Crippen LogP contribution is 2.24. The normalized spacial score (nSPS) is 10.7. The molecule has 2 heterocycles. The highest BCUT2D eigenvalue weighted by atomic mass is 35.5. The summed E-state index contributed by atoms with van der Waals surface area (Å²) in [5, 5.41) is 3.67. The first-order valence-corrected chi connectivity index (χ1v) is 16.4. The molecule has 0 saturated heterocycles. The summed E-state index contributed by atoms with van der Waals surface area (Å²) in [6.45, 7) is 4.41. The van der Waals surface area contributed by atoms with Crippen molar-refractivity contribution in [1.82, 2.24) is 19.9 Å². The summed E-state index contributed by atoms with van der Waals surface area (Å²) in [5.74, 6) is 4.51. The van der Waals surface area contributed by atoms with Gasteiger partial charge in [0.25, 0.3) is 0 Å². The predicted molar refractivity (Wildman–Crippen MR) is 208 cm³/mol. The van der Waals surface area contributed by atoms with Crippen molar-refractivity contribution < 1.29 is 10.9 Å². The molecule has 16 heteroatoms. The zero-order valence-electron chi connectivity index (χ0n) is 25.8. The molecule has 0 bridgehead atoms. The number of methoxy groups -OCH3 is 2. The van der Waals surface area contributed by atoms with Gasteiger partial charge in [-0.05, 0) is 49.7 Å². The maximum absolute atomic E-state index is 5.83. The van der Waals surface area contributed by atoms with Gasteiger partial charge in [-0.25, -0.2) is 9.97 Å². The van der Waals surface area contributed by atoms with Crippen molar-refractivity contribution in [3.05, 3.63) is 17.5 Å². The Kier molecular flexibility index (Phi) is 40.8. The molecule has 0 fully saturated rings. The molecule has 258 valence electrons. The Morgan fingerprint density at radius 3 is 1.84 bits per heavy atom. The third-order valence-corrected chi connectivity index (χ3v) is 7.04. The van der Waals surface area contributed by atoms with Crippen LogP contribution < -0.4 is 32.0 Å². The zero-order valence-corrected chi connectivity index (χ0v) is 31.0. The minimum atomic E-state index is 0. The predicted octanol–water partition coefficient (Wildman–Crippen LogP) is 7.30. The molecule has 0 radical (unpaired) electrons. The standard InChI is InChI=1S/C13H24N4OS.C8H19NS.C5H6ClN3O.CH4.ClH.2H2S.H2/c1-4-5-6-10(7-8-19-3)16-12-11(18-2)9-15-13(14)17-12;1-3-4-5-8(9)6-7-10-2;1-10-3-2-8-5(7)9-4(3)6;;;;;/h9-10H,4-8H2,1-3H3,(H3,14,15,16,17);8H,3-7,9H2,1-2H3;2H,1H3,(H2,7,8,9);1H4;1H;2*1H2;1H/t10-;8-;;;;;;/m00....../s1/i;;;;;;;1+1. The van der Waals surface area contributed by atoms with Crippen LogP contribution in [0.3, 0.4) is 0 Å². The summed E-state index contributed by atoms with van der Waals surface area (Å²) in [6, 6.07) is 0.850. The van der Waals surface area contributed by atoms with Crippen molar-refractivity contribution in [2.24, 2.45) is 5.73 Å². The van der Waals surface area contributed by atoms with Gasteiger partial charge in [0.15, 0.2) is 22.5 Å². The number of ether oxygens (including phenoxy) is 2. The molecule has 0 unspecified atom stereocenters. The van der Waals surface area contributed by atoms with E-state index >= 15 is 0 Å². The van der Waals surface area contributed by atoms with Crippen LogP contribution in [0, 0.1) is 0 Å². The van der Waals surface area contributed by atoms with Crippen LogP contribution >= 0.6 is 74.5 Å². The Bertz CT molecular complexity index is 890. The molecule has 7 N–H and O–H groups in total. The lowest BCUT2D eigenvalue weighted by molar-refractivity contribution is 0.411. The zero-order chi connectivity index (χ0) is 29.5. The number of nitrogens with zero attached hydrogens (tertiary/aromatic N) is 4. The van der Waals surface area contributed by atoms with E-state index in [1.54, 1.807) is 13.3 Å². The number of aromatic nitrogens is 4. The number of thioether (sulfide) groups is 2. The number of nitrogen functional groups attached to an aromatic ring is 2. The van der Waals surface area contributed by atoms with Gasteiger partial charge in [-0.15, -0.1) is 12.4 Å². The maximum atomic E-state index is 5.83. The van der Waals surface area contributed by atoms with Crippen LogP contribution in [-0.4, -0.2) is 70.3 Å². The largest absolute Gasteiger partial charge is 0.492 e. The first kappa shape index (κ1) is 51.7. The minimum Gasteiger partial charge on any atom is -0.492 e. The molecular formula is C27H60Cl2N8O2S4. The van der Waals surface area contributed by atoms with Crippen LogP contribution in [0.4, 0.5) is 17.7 Å². The van der Waals surface area contributed by atoms with E-state index in [9.17, 15) is 0 Å². The van der Waals surface area contributed by atoms with Crippen LogP contribution in [0.5, 0.6) is 11.5 Å². The quantitative estimate of drug-likeness (QED) is 0.128. The number of hydrogen-bond acceptors (Lipinski definition) is 12. The van der Waals surface area contributed by atoms with Gasteiger partial charge in [0.05, 0.1) is 26.6 Å². The number of anilines is 3. The highest BCUT2D eigenvalue weighted by molar-refractivity contribution is 7.98. The van der Waals surface area contributed by atoms with Gasteiger partial charge in [-0.2, -0.15) is 60.5 Å². The Balaban J connectivity index is -0.000000125. The van der Waals surface area contributed by atoms with Gasteiger partial charge >= 0.3 is 0 Å². The Labute approximate surface area is 296 Å². The number of hydrogen-bond donors (Lipinski definition) is 4. The maximum Gasteiger partial charge on any atom is 0.222 e. The molecule has 2 aromatic rings. The van der Waals surface area contributed by atoms with Crippen molar-refractivity contribution >= 4 is 92.2 Å². The molecule has 0 aromatic carbocycles. The van der Waals surface area contributed by atoms with Crippen LogP contribution in [-0.2, 0) is 0 Å². The average Bonchev–Trinajstić information content (AvgIpc) is 2.93. The molecule has 0 spiro atoms. The van der Waals surface area contributed by atoms with E-state index in [0.29, 0.717) is 29.4 Å². The van der Waals surface area contributed by atoms with E-state index in [-0.39, 0.29) is 65.3 Å². The van der Waals surface area contributed by atoms with Crippen molar-refractivity contribution in [2.75, 3.05) is 55.0 Å². The van der Waals surface area contributed by atoms with E-state index in [2.05, 4.69) is 51.6 Å². The molecule has 0 aliphatic heterocycles. The molecular weight excluding hydrogens is 668 g/mol. The fourth-order valence-electron chi connectivity index (χ4n) is 3.21. The smallest absolute Gasteiger partial charge is 0.222 e. The summed E-state index contributed by atoms with van der Waals surface area (Å²) in [5.41, 5.74) is 16.7. The molecule has 0 amide bonds. The van der Waals surface area contributed by atoms with Gasteiger partial charge in [0.1, 0.15) is 0 Å². The van der Waals surface area contributed by atoms with E-state index in [1.807, 2.05) is 23.5 Å². The lowest BCUT2D eigenvalue weighted by atomic mass is 10.1. The monoisotopic (exact) mass is 727 g/mol. The van der Waals surface area contributed by atoms with Crippen molar-refractivity contribution in [1.29, 1.82) is 0 Å². The minimum absolute atomic E-state index is 0. The second-order valence-corrected chi connectivity index (χ2v) is 11.0. The van der Waals surface area contributed by atoms with Crippen molar-refractivity contribution in [3.8, 4) is 11.5 Å². The second-order valence-electron chi connectivity index (χ2n) is 8.68. The summed E-state index contributed by atoms with van der Waals surface area (Å²) < 4.78 is 10.0. The van der Waals surface area contributed by atoms with Gasteiger partial charge in [0, 0.05) is 13.5 Å². The van der Waals surface area contributed by atoms with Crippen molar-refractivity contribution in [2.45, 2.75) is 84.7 Å². The van der Waals surface area contributed by atoms with E-state index in [4.69, 9.17) is 38.3 Å². The first-order chi connectivity index (χ1) is 18.8. The van der Waals surface area contributed by atoms with Crippen LogP contribution in [0.15, 0.2) is 12.4 Å². The van der Waals surface area contributed by atoms with Gasteiger partial charge in [-0.3, -0.25) is 0 Å². The number of rotatable bonds is 16. The summed E-state index contributed by atoms with van der Waals surface area (Å²) in [4.78, 5) is 15.5. The molecule has 0 saturated carbocycles. The Hall–Kier alpha value is -0.900. The average molecular weight is 729 g/mol. The first-order valence-electron chi connectivity index (χ1n) is 13.2. The molecule has 43 heavy (non-hydrogen) atoms. The molecule has 2 rings (SSSR count). The highest BCUT2D eigenvalue weighted by Gasteiger charge is 2.13. The molecule has 2 atom stereocenters. The van der Waals surface area contributed by atoms with Gasteiger partial charge in [0.2, 0.25) is 11.9 Å². The van der Waals surface area contributed by atoms with Gasteiger partial charge < -0.3 is 32.0 Å². The lowest BCUT2D eigenvalue weighted by Crippen LogP contribution is -2.22. The number of halogens is 2. The summed E-state index contributed by atoms with van der Waals surface area (Å²) in [6.07, 6.45) is 16.9. The molecule has 10 nitrogen and oxygen atoms in total. The van der Waals surface area contributed by atoms with Crippen LogP contribution in [0.25, 0.3) is 0 Å². The number of nitrogens with two attached hydrogens (primary N) is 3. The van der Waals surface area contributed by atoms with E-state index in [1.165, 1.54) is 57.6 Å². The number of unbranched alkanes of at least 4 members (excludes halogenated alkanes) is 2. The van der Waals surface area contributed by atoms with E-state index < -0.39 is 0 Å².